The van der Waals surface area contributed by atoms with E-state index in [4.69, 9.17) is 0 Å². The summed E-state index contributed by atoms with van der Waals surface area (Å²) in [5.74, 6) is 0. The normalized spacial score (nSPS) is 20.9. The largest absolute Gasteiger partial charge is 0.339 e. The van der Waals surface area contributed by atoms with Gasteiger partial charge in [-0.05, 0) is 25.8 Å². The average Bonchev–Trinajstić information content (AvgIpc) is 2.89. The minimum atomic E-state index is -3.44. The summed E-state index contributed by atoms with van der Waals surface area (Å²) >= 11 is 0. The molecule has 0 spiro atoms. The molecule has 2 rings (SSSR count). The standard InChI is InChI=1S/C10H18N4O2S/c1-14-7-10(12-8-14)17(15,16)13-6-4-9-3-2-5-11-9/h7-9,11,13H,2-6H2,1H3/t9-/m0/s1. The van der Waals surface area contributed by atoms with E-state index < -0.39 is 10.0 Å². The van der Waals surface area contributed by atoms with Crippen molar-refractivity contribution < 1.29 is 8.42 Å². The maximum Gasteiger partial charge on any atom is 0.259 e. The van der Waals surface area contributed by atoms with Crippen LogP contribution in [-0.4, -0.2) is 37.1 Å². The predicted octanol–water partition coefficient (Wildman–Crippen LogP) is -0.159. The highest BCUT2D eigenvalue weighted by molar-refractivity contribution is 7.89. The van der Waals surface area contributed by atoms with Crippen molar-refractivity contribution in [1.29, 1.82) is 0 Å². The Morgan fingerprint density at radius 2 is 2.47 bits per heavy atom. The van der Waals surface area contributed by atoms with Crippen LogP contribution in [0.2, 0.25) is 0 Å². The number of nitrogens with zero attached hydrogens (tertiary/aromatic N) is 2. The molecule has 0 aliphatic carbocycles. The van der Waals surface area contributed by atoms with Gasteiger partial charge in [0.05, 0.1) is 6.33 Å². The van der Waals surface area contributed by atoms with E-state index in [0.717, 1.165) is 19.4 Å². The quantitative estimate of drug-likeness (QED) is 0.769. The Balaban J connectivity index is 1.85. The number of imidazole rings is 1. The molecule has 0 unspecified atom stereocenters. The van der Waals surface area contributed by atoms with Gasteiger partial charge >= 0.3 is 0 Å². The third-order valence-corrected chi connectivity index (χ3v) is 4.25. The fourth-order valence-corrected chi connectivity index (χ4v) is 3.00. The number of nitrogens with one attached hydrogen (secondary N) is 2. The summed E-state index contributed by atoms with van der Waals surface area (Å²) in [6, 6.07) is 0.446. The van der Waals surface area contributed by atoms with Gasteiger partial charge in [0.2, 0.25) is 0 Å². The molecule has 6 nitrogen and oxygen atoms in total. The summed E-state index contributed by atoms with van der Waals surface area (Å²) in [5, 5.41) is 3.41. The highest BCUT2D eigenvalue weighted by Crippen LogP contribution is 2.09. The summed E-state index contributed by atoms with van der Waals surface area (Å²) in [4.78, 5) is 3.83. The Morgan fingerprint density at radius 3 is 3.06 bits per heavy atom. The summed E-state index contributed by atoms with van der Waals surface area (Å²) in [7, 11) is -1.70. The summed E-state index contributed by atoms with van der Waals surface area (Å²) in [6.45, 7) is 1.49. The molecule has 0 saturated carbocycles. The van der Waals surface area contributed by atoms with E-state index in [2.05, 4.69) is 15.0 Å². The van der Waals surface area contributed by atoms with Crippen LogP contribution in [0.15, 0.2) is 17.6 Å². The third-order valence-electron chi connectivity index (χ3n) is 2.90. The molecule has 0 aromatic carbocycles. The molecule has 1 atom stereocenters. The van der Waals surface area contributed by atoms with E-state index >= 15 is 0 Å². The van der Waals surface area contributed by atoms with E-state index in [-0.39, 0.29) is 5.03 Å². The summed E-state index contributed by atoms with van der Waals surface area (Å²) in [5.41, 5.74) is 0. The monoisotopic (exact) mass is 258 g/mol. The molecule has 7 heteroatoms. The van der Waals surface area contributed by atoms with Gasteiger partial charge in [0.15, 0.2) is 5.03 Å². The molecule has 0 bridgehead atoms. The second-order valence-electron chi connectivity index (χ2n) is 4.36. The number of hydrogen-bond donors (Lipinski definition) is 2. The lowest BCUT2D eigenvalue weighted by molar-refractivity contribution is 0.538. The van der Waals surface area contributed by atoms with Crippen molar-refractivity contribution in [1.82, 2.24) is 19.6 Å². The van der Waals surface area contributed by atoms with E-state index in [1.807, 2.05) is 0 Å². The van der Waals surface area contributed by atoms with E-state index in [9.17, 15) is 8.42 Å². The predicted molar refractivity (Wildman–Crippen MR) is 64.0 cm³/mol. The molecular weight excluding hydrogens is 240 g/mol. The molecule has 1 aromatic rings. The van der Waals surface area contributed by atoms with Crippen LogP contribution in [0, 0.1) is 0 Å². The van der Waals surface area contributed by atoms with Crippen molar-refractivity contribution >= 4 is 10.0 Å². The number of aromatic nitrogens is 2. The molecule has 17 heavy (non-hydrogen) atoms. The fourth-order valence-electron chi connectivity index (χ4n) is 1.97. The zero-order valence-corrected chi connectivity index (χ0v) is 10.7. The first-order valence-electron chi connectivity index (χ1n) is 5.79. The van der Waals surface area contributed by atoms with Crippen molar-refractivity contribution in [3.05, 3.63) is 12.5 Å². The Labute approximate surface area is 101 Å². The molecular formula is C10H18N4O2S. The van der Waals surface area contributed by atoms with Crippen molar-refractivity contribution in [2.24, 2.45) is 7.05 Å². The first-order valence-corrected chi connectivity index (χ1v) is 7.27. The highest BCUT2D eigenvalue weighted by atomic mass is 32.2. The van der Waals surface area contributed by atoms with Crippen molar-refractivity contribution in [2.45, 2.75) is 30.3 Å². The van der Waals surface area contributed by atoms with Crippen LogP contribution in [0.1, 0.15) is 19.3 Å². The smallest absolute Gasteiger partial charge is 0.259 e. The zero-order chi connectivity index (χ0) is 12.3. The van der Waals surface area contributed by atoms with Gasteiger partial charge in [-0.2, -0.15) is 0 Å². The van der Waals surface area contributed by atoms with Crippen molar-refractivity contribution in [3.63, 3.8) is 0 Å². The minimum absolute atomic E-state index is 0.0828. The second kappa shape index (κ2) is 5.16. The van der Waals surface area contributed by atoms with E-state index in [1.165, 1.54) is 18.9 Å². The van der Waals surface area contributed by atoms with Crippen molar-refractivity contribution in [2.75, 3.05) is 13.1 Å². The summed E-state index contributed by atoms with van der Waals surface area (Å²) < 4.78 is 27.8. The van der Waals surface area contributed by atoms with Crippen LogP contribution in [0.4, 0.5) is 0 Å². The maximum absolute atomic E-state index is 11.8. The zero-order valence-electron chi connectivity index (χ0n) is 9.89. The Hall–Kier alpha value is -0.920. The van der Waals surface area contributed by atoms with E-state index in [0.29, 0.717) is 12.6 Å². The lowest BCUT2D eigenvalue weighted by atomic mass is 10.2. The first kappa shape index (κ1) is 12.5. The molecule has 2 N–H and O–H groups in total. The Kier molecular flexibility index (Phi) is 3.80. The van der Waals surface area contributed by atoms with Gasteiger partial charge in [0.25, 0.3) is 10.0 Å². The maximum atomic E-state index is 11.8. The molecule has 1 aromatic heterocycles. The molecule has 2 heterocycles. The van der Waals surface area contributed by atoms with Gasteiger partial charge in [-0.3, -0.25) is 0 Å². The van der Waals surface area contributed by atoms with Crippen LogP contribution in [0.5, 0.6) is 0 Å². The van der Waals surface area contributed by atoms with Gasteiger partial charge in [0, 0.05) is 25.8 Å². The van der Waals surface area contributed by atoms with Crippen LogP contribution in [0.3, 0.4) is 0 Å². The SMILES string of the molecule is Cn1cnc(S(=O)(=O)NCC[C@@H]2CCCN2)c1. The molecule has 1 aliphatic rings. The highest BCUT2D eigenvalue weighted by Gasteiger charge is 2.18. The molecule has 1 fully saturated rings. The average molecular weight is 258 g/mol. The molecule has 1 aliphatic heterocycles. The van der Waals surface area contributed by atoms with Crippen LogP contribution < -0.4 is 10.0 Å². The Bertz CT molecular complexity index is 462. The van der Waals surface area contributed by atoms with Gasteiger partial charge in [-0.15, -0.1) is 0 Å². The van der Waals surface area contributed by atoms with Crippen molar-refractivity contribution in [3.8, 4) is 0 Å². The van der Waals surface area contributed by atoms with Gasteiger partial charge < -0.3 is 9.88 Å². The number of hydrogen-bond acceptors (Lipinski definition) is 4. The molecule has 96 valence electrons. The van der Waals surface area contributed by atoms with Gasteiger partial charge in [-0.1, -0.05) is 0 Å². The van der Waals surface area contributed by atoms with Gasteiger partial charge in [0.1, 0.15) is 0 Å². The van der Waals surface area contributed by atoms with E-state index in [1.54, 1.807) is 11.6 Å². The first-order chi connectivity index (χ1) is 8.08. The lowest BCUT2D eigenvalue weighted by Gasteiger charge is -2.10. The second-order valence-corrected chi connectivity index (χ2v) is 6.07. The van der Waals surface area contributed by atoms with Crippen LogP contribution >= 0.6 is 0 Å². The lowest BCUT2D eigenvalue weighted by Crippen LogP contribution is -2.30. The number of rotatable bonds is 5. The molecule has 0 amide bonds. The summed E-state index contributed by atoms with van der Waals surface area (Å²) in [6.07, 6.45) is 6.11. The van der Waals surface area contributed by atoms with Crippen LogP contribution in [0.25, 0.3) is 0 Å². The number of sulfonamides is 1. The Morgan fingerprint density at radius 1 is 1.65 bits per heavy atom. The third kappa shape index (κ3) is 3.27. The fraction of sp³-hybridized carbons (Fsp3) is 0.700. The topological polar surface area (TPSA) is 76.0 Å². The number of aryl methyl sites for hydroxylation is 1. The van der Waals surface area contributed by atoms with Crippen LogP contribution in [-0.2, 0) is 17.1 Å². The van der Waals surface area contributed by atoms with Gasteiger partial charge in [-0.25, -0.2) is 18.1 Å². The molecule has 0 radical (unpaired) electrons. The molecule has 1 saturated heterocycles. The minimum Gasteiger partial charge on any atom is -0.339 e.